The topological polar surface area (TPSA) is 41.1 Å². The second-order valence-electron chi connectivity index (χ2n) is 4.96. The van der Waals surface area contributed by atoms with E-state index in [0.717, 1.165) is 12.1 Å². The lowest BCUT2D eigenvalue weighted by Crippen LogP contribution is -2.20. The molecule has 2 aromatic rings. The first kappa shape index (κ1) is 19.5. The van der Waals surface area contributed by atoms with Crippen molar-refractivity contribution in [2.24, 2.45) is 0 Å². The Kier molecular flexibility index (Phi) is 5.10. The fourth-order valence-corrected chi connectivity index (χ4v) is 1.93. The number of hydrogen-bond acceptors (Lipinski definition) is 1. The van der Waals surface area contributed by atoms with Crippen LogP contribution in [0.2, 0.25) is 0 Å². The highest BCUT2D eigenvalue weighted by Gasteiger charge is 2.35. The van der Waals surface area contributed by atoms with E-state index in [2.05, 4.69) is 0 Å². The highest BCUT2D eigenvalue weighted by molar-refractivity contribution is 5.99. The second kappa shape index (κ2) is 6.81. The number of carbonyl (C=O) groups is 1. The summed E-state index contributed by atoms with van der Waals surface area (Å²) in [7, 11) is 0. The molecular weight excluding hydrogens is 376 g/mol. The van der Waals surface area contributed by atoms with E-state index in [1.165, 1.54) is 0 Å². The van der Waals surface area contributed by atoms with E-state index in [1.807, 2.05) is 10.6 Å². The molecule has 0 saturated carbocycles. The van der Waals surface area contributed by atoms with E-state index in [9.17, 15) is 39.9 Å². The molecule has 11 heteroatoms. The number of halogens is 8. The van der Waals surface area contributed by atoms with Crippen molar-refractivity contribution in [3.8, 4) is 0 Å². The van der Waals surface area contributed by atoms with Gasteiger partial charge in [-0.25, -0.2) is 13.6 Å². The smallest absolute Gasteiger partial charge is 0.308 e. The number of nitrogens with one attached hydrogen (secondary N) is 2. The molecule has 26 heavy (non-hydrogen) atoms. The summed E-state index contributed by atoms with van der Waals surface area (Å²) in [6, 6.07) is 2.04. The van der Waals surface area contributed by atoms with Crippen molar-refractivity contribution in [2.45, 2.75) is 12.4 Å². The standard InChI is InChI=1S/C15H8F8N2O/c16-11-3-1-7(5-9(11)14(18,19)20)24-13(26)25-8-2-4-12(17)10(6-8)15(21,22)23/h1-6H,(H2,24,25,26). The van der Waals surface area contributed by atoms with E-state index in [4.69, 9.17) is 0 Å². The van der Waals surface area contributed by atoms with Crippen LogP contribution in [0.5, 0.6) is 0 Å². The zero-order chi connectivity index (χ0) is 19.7. The maximum Gasteiger partial charge on any atom is 0.419 e. The molecule has 0 bridgehead atoms. The van der Waals surface area contributed by atoms with Gasteiger partial charge in [-0.05, 0) is 36.4 Å². The van der Waals surface area contributed by atoms with Gasteiger partial charge in [0.05, 0.1) is 11.1 Å². The van der Waals surface area contributed by atoms with Crippen LogP contribution < -0.4 is 10.6 Å². The summed E-state index contributed by atoms with van der Waals surface area (Å²) in [5, 5.41) is 3.82. The highest BCUT2D eigenvalue weighted by Crippen LogP contribution is 2.34. The van der Waals surface area contributed by atoms with Gasteiger partial charge in [-0.2, -0.15) is 26.3 Å². The number of amides is 2. The number of benzene rings is 2. The predicted molar refractivity (Wildman–Crippen MR) is 75.4 cm³/mol. The van der Waals surface area contributed by atoms with Gasteiger partial charge in [0.25, 0.3) is 0 Å². The maximum absolute atomic E-state index is 13.2. The molecule has 0 atom stereocenters. The van der Waals surface area contributed by atoms with Crippen molar-refractivity contribution in [1.82, 2.24) is 0 Å². The summed E-state index contributed by atoms with van der Waals surface area (Å²) in [5.74, 6) is -3.12. The number of anilines is 2. The van der Waals surface area contributed by atoms with Gasteiger partial charge in [0.2, 0.25) is 0 Å². The minimum atomic E-state index is -5.00. The molecule has 0 aliphatic rings. The van der Waals surface area contributed by atoms with Crippen LogP contribution in [0, 0.1) is 11.6 Å². The second-order valence-corrected chi connectivity index (χ2v) is 4.96. The molecule has 0 saturated heterocycles. The third kappa shape index (κ3) is 4.61. The molecule has 0 unspecified atom stereocenters. The van der Waals surface area contributed by atoms with Gasteiger partial charge in [0.15, 0.2) is 0 Å². The van der Waals surface area contributed by atoms with Gasteiger partial charge in [-0.15, -0.1) is 0 Å². The quantitative estimate of drug-likeness (QED) is 0.646. The summed E-state index contributed by atoms with van der Waals surface area (Å²) in [5.41, 5.74) is -4.16. The van der Waals surface area contributed by atoms with E-state index in [1.54, 1.807) is 0 Å². The molecule has 3 nitrogen and oxygen atoms in total. The molecule has 0 aromatic heterocycles. The molecule has 0 spiro atoms. The number of urea groups is 1. The Hall–Kier alpha value is -2.85. The van der Waals surface area contributed by atoms with Gasteiger partial charge >= 0.3 is 18.4 Å². The van der Waals surface area contributed by atoms with Crippen molar-refractivity contribution in [1.29, 1.82) is 0 Å². The lowest BCUT2D eigenvalue weighted by atomic mass is 10.1. The Morgan fingerprint density at radius 3 is 1.35 bits per heavy atom. The molecule has 0 aliphatic carbocycles. The fourth-order valence-electron chi connectivity index (χ4n) is 1.93. The van der Waals surface area contributed by atoms with Crippen molar-refractivity contribution in [3.05, 3.63) is 59.2 Å². The summed E-state index contributed by atoms with van der Waals surface area (Å²) >= 11 is 0. The van der Waals surface area contributed by atoms with Crippen LogP contribution in [0.3, 0.4) is 0 Å². The predicted octanol–water partition coefficient (Wildman–Crippen LogP) is 5.65. The molecule has 0 radical (unpaired) electrons. The lowest BCUT2D eigenvalue weighted by molar-refractivity contribution is -0.140. The number of rotatable bonds is 2. The molecule has 0 fully saturated rings. The normalized spacial score (nSPS) is 12.0. The highest BCUT2D eigenvalue weighted by atomic mass is 19.4. The van der Waals surface area contributed by atoms with E-state index in [-0.39, 0.29) is 0 Å². The molecular formula is C15H8F8N2O. The summed E-state index contributed by atoms with van der Waals surface area (Å²) in [6.07, 6.45) is -10.0. The fraction of sp³-hybridized carbons (Fsp3) is 0.133. The van der Waals surface area contributed by atoms with Gasteiger partial charge in [-0.3, -0.25) is 0 Å². The van der Waals surface area contributed by atoms with Crippen LogP contribution >= 0.6 is 0 Å². The van der Waals surface area contributed by atoms with Gasteiger partial charge < -0.3 is 10.6 Å². The first-order valence-electron chi connectivity index (χ1n) is 6.69. The minimum absolute atomic E-state index is 0.320. The average molecular weight is 384 g/mol. The van der Waals surface area contributed by atoms with Crippen molar-refractivity contribution in [2.75, 3.05) is 10.6 Å². The number of alkyl halides is 6. The Bertz CT molecular complexity index is 762. The monoisotopic (exact) mass is 384 g/mol. The van der Waals surface area contributed by atoms with Crippen molar-refractivity contribution < 1.29 is 39.9 Å². The third-order valence-electron chi connectivity index (χ3n) is 3.06. The molecule has 2 aromatic carbocycles. The zero-order valence-electron chi connectivity index (χ0n) is 12.4. The molecule has 140 valence electrons. The summed E-state index contributed by atoms with van der Waals surface area (Å²) < 4.78 is 102. The molecule has 2 rings (SSSR count). The third-order valence-corrected chi connectivity index (χ3v) is 3.06. The maximum atomic E-state index is 13.2. The average Bonchev–Trinajstić information content (AvgIpc) is 2.49. The first-order valence-corrected chi connectivity index (χ1v) is 6.69. The van der Waals surface area contributed by atoms with Crippen molar-refractivity contribution in [3.63, 3.8) is 0 Å². The van der Waals surface area contributed by atoms with Crippen molar-refractivity contribution >= 4 is 17.4 Å². The Morgan fingerprint density at radius 2 is 1.04 bits per heavy atom. The molecule has 2 N–H and O–H groups in total. The largest absolute Gasteiger partial charge is 0.419 e. The summed E-state index contributed by atoms with van der Waals surface area (Å²) in [6.45, 7) is 0. The molecule has 2 amide bonds. The van der Waals surface area contributed by atoms with Gasteiger partial charge in [0, 0.05) is 11.4 Å². The zero-order valence-corrected chi connectivity index (χ0v) is 12.4. The molecule has 0 aliphatic heterocycles. The van der Waals surface area contributed by atoms with Gasteiger partial charge in [0.1, 0.15) is 11.6 Å². The van der Waals surface area contributed by atoms with Crippen LogP contribution in [0.4, 0.5) is 51.3 Å². The SMILES string of the molecule is O=C(Nc1ccc(F)c(C(F)(F)F)c1)Nc1ccc(F)c(C(F)(F)F)c1. The minimum Gasteiger partial charge on any atom is -0.308 e. The van der Waals surface area contributed by atoms with Crippen LogP contribution in [-0.4, -0.2) is 6.03 Å². The van der Waals surface area contributed by atoms with E-state index < -0.39 is 52.5 Å². The number of hydrogen-bond donors (Lipinski definition) is 2. The lowest BCUT2D eigenvalue weighted by Gasteiger charge is -2.13. The number of carbonyl (C=O) groups excluding carboxylic acids is 1. The van der Waals surface area contributed by atoms with Crippen LogP contribution in [0.15, 0.2) is 36.4 Å². The van der Waals surface area contributed by atoms with E-state index in [0.29, 0.717) is 24.3 Å². The Labute approximate surface area is 140 Å². The van der Waals surface area contributed by atoms with Crippen LogP contribution in [-0.2, 0) is 12.4 Å². The van der Waals surface area contributed by atoms with E-state index >= 15 is 0 Å². The molecule has 0 heterocycles. The van der Waals surface area contributed by atoms with Crippen LogP contribution in [0.25, 0.3) is 0 Å². The van der Waals surface area contributed by atoms with Gasteiger partial charge in [-0.1, -0.05) is 0 Å². The Morgan fingerprint density at radius 1 is 0.692 bits per heavy atom. The summed E-state index contributed by atoms with van der Waals surface area (Å²) in [4.78, 5) is 11.7. The Balaban J connectivity index is 2.18. The van der Waals surface area contributed by atoms with Crippen LogP contribution in [0.1, 0.15) is 11.1 Å². The first-order chi connectivity index (χ1) is 11.9.